The van der Waals surface area contributed by atoms with Crippen molar-refractivity contribution in [3.05, 3.63) is 48.3 Å². The molecule has 3 fully saturated rings. The van der Waals surface area contributed by atoms with E-state index in [0.717, 1.165) is 63.0 Å². The molecule has 3 aliphatic heterocycles. The van der Waals surface area contributed by atoms with Crippen LogP contribution in [0.25, 0.3) is 0 Å². The Kier molecular flexibility index (Phi) is 6.50. The molecule has 8 nitrogen and oxygen atoms in total. The molecule has 3 unspecified atom stereocenters. The SMILES string of the molecule is O=C(COc1ccccc1)N1CCCC(C2NNCC2c2ccnc(N3CCCC3)n2)C1. The van der Waals surface area contributed by atoms with Crippen molar-refractivity contribution < 1.29 is 9.53 Å². The van der Waals surface area contributed by atoms with Crippen molar-refractivity contribution in [2.75, 3.05) is 44.2 Å². The average Bonchev–Trinajstić information content (AvgIpc) is 3.56. The van der Waals surface area contributed by atoms with Gasteiger partial charge in [0.1, 0.15) is 5.75 Å². The lowest BCUT2D eigenvalue weighted by molar-refractivity contribution is -0.135. The first-order valence-corrected chi connectivity index (χ1v) is 11.8. The Balaban J connectivity index is 1.23. The molecule has 5 rings (SSSR count). The zero-order valence-corrected chi connectivity index (χ0v) is 18.4. The van der Waals surface area contributed by atoms with Crippen molar-refractivity contribution in [1.82, 2.24) is 25.7 Å². The Labute approximate surface area is 189 Å². The van der Waals surface area contributed by atoms with Crippen LogP contribution in [0.5, 0.6) is 5.75 Å². The van der Waals surface area contributed by atoms with Gasteiger partial charge in [-0.3, -0.25) is 15.6 Å². The zero-order chi connectivity index (χ0) is 21.8. The third-order valence-electron chi connectivity index (χ3n) is 6.88. The van der Waals surface area contributed by atoms with Gasteiger partial charge in [0, 0.05) is 50.9 Å². The molecule has 0 bridgehead atoms. The summed E-state index contributed by atoms with van der Waals surface area (Å²) in [6.45, 7) is 4.55. The fourth-order valence-corrected chi connectivity index (χ4v) is 5.17. The second-order valence-electron chi connectivity index (χ2n) is 8.98. The number of carbonyl (C=O) groups excluding carboxylic acids is 1. The zero-order valence-electron chi connectivity index (χ0n) is 18.4. The van der Waals surface area contributed by atoms with Crippen molar-refractivity contribution in [3.8, 4) is 5.75 Å². The smallest absolute Gasteiger partial charge is 0.260 e. The standard InChI is InChI=1S/C24H32N6O2/c31-22(17-32-19-8-2-1-3-9-19)30-14-6-7-18(16-30)23-20(15-26-28-23)21-10-11-25-24(27-21)29-12-4-5-13-29/h1-3,8-11,18,20,23,26,28H,4-7,12-17H2. The Hall–Kier alpha value is -2.71. The first-order valence-electron chi connectivity index (χ1n) is 11.8. The van der Waals surface area contributed by atoms with Gasteiger partial charge in [0.2, 0.25) is 5.95 Å². The molecule has 0 radical (unpaired) electrons. The molecule has 2 aromatic rings. The van der Waals surface area contributed by atoms with E-state index in [4.69, 9.17) is 9.72 Å². The van der Waals surface area contributed by atoms with Gasteiger partial charge in [-0.2, -0.15) is 0 Å². The minimum absolute atomic E-state index is 0.0550. The number of nitrogens with one attached hydrogen (secondary N) is 2. The van der Waals surface area contributed by atoms with E-state index in [1.165, 1.54) is 12.8 Å². The minimum Gasteiger partial charge on any atom is -0.484 e. The number of rotatable bonds is 6. The first kappa shape index (κ1) is 21.2. The van der Waals surface area contributed by atoms with Crippen molar-refractivity contribution in [1.29, 1.82) is 0 Å². The lowest BCUT2D eigenvalue weighted by atomic mass is 9.82. The Morgan fingerprint density at radius 2 is 1.94 bits per heavy atom. The summed E-state index contributed by atoms with van der Waals surface area (Å²) in [6, 6.07) is 11.8. The molecule has 1 amide bonds. The van der Waals surface area contributed by atoms with E-state index in [1.807, 2.05) is 47.5 Å². The predicted molar refractivity (Wildman–Crippen MR) is 122 cm³/mol. The summed E-state index contributed by atoms with van der Waals surface area (Å²) in [5, 5.41) is 0. The highest BCUT2D eigenvalue weighted by atomic mass is 16.5. The molecule has 1 aromatic carbocycles. The summed E-state index contributed by atoms with van der Waals surface area (Å²) in [6.07, 6.45) is 6.42. The van der Waals surface area contributed by atoms with Crippen LogP contribution < -0.4 is 20.5 Å². The van der Waals surface area contributed by atoms with Crippen LogP contribution in [0.4, 0.5) is 5.95 Å². The lowest BCUT2D eigenvalue weighted by Gasteiger charge is -2.37. The summed E-state index contributed by atoms with van der Waals surface area (Å²) in [7, 11) is 0. The maximum atomic E-state index is 12.8. The van der Waals surface area contributed by atoms with Gasteiger partial charge >= 0.3 is 0 Å². The number of hydrazine groups is 1. The van der Waals surface area contributed by atoms with Gasteiger partial charge in [-0.1, -0.05) is 18.2 Å². The van der Waals surface area contributed by atoms with Crippen molar-refractivity contribution in [2.45, 2.75) is 37.6 Å². The van der Waals surface area contributed by atoms with Crippen LogP contribution in [-0.2, 0) is 4.79 Å². The second kappa shape index (κ2) is 9.83. The summed E-state index contributed by atoms with van der Waals surface area (Å²) < 4.78 is 5.69. The molecule has 3 saturated heterocycles. The van der Waals surface area contributed by atoms with E-state index >= 15 is 0 Å². The van der Waals surface area contributed by atoms with E-state index in [1.54, 1.807) is 0 Å². The van der Waals surface area contributed by atoms with Gasteiger partial charge < -0.3 is 14.5 Å². The molecule has 0 saturated carbocycles. The summed E-state index contributed by atoms with van der Waals surface area (Å²) in [5.41, 5.74) is 7.92. The summed E-state index contributed by atoms with van der Waals surface area (Å²) >= 11 is 0. The molecular weight excluding hydrogens is 404 g/mol. The van der Waals surface area contributed by atoms with Gasteiger partial charge in [0.25, 0.3) is 5.91 Å². The number of hydrogen-bond donors (Lipinski definition) is 2. The van der Waals surface area contributed by atoms with Crippen LogP contribution in [0, 0.1) is 5.92 Å². The summed E-state index contributed by atoms with van der Waals surface area (Å²) in [4.78, 5) is 26.5. The average molecular weight is 437 g/mol. The molecule has 1 aromatic heterocycles. The maximum Gasteiger partial charge on any atom is 0.260 e. The van der Waals surface area contributed by atoms with Crippen LogP contribution in [0.1, 0.15) is 37.3 Å². The molecule has 2 N–H and O–H groups in total. The number of ether oxygens (including phenoxy) is 1. The molecule has 0 spiro atoms. The molecular formula is C24H32N6O2. The fraction of sp³-hybridized carbons (Fsp3) is 0.542. The molecule has 0 aliphatic carbocycles. The number of likely N-dealkylation sites (tertiary alicyclic amines) is 1. The molecule has 8 heteroatoms. The normalized spacial score (nSPS) is 25.8. The van der Waals surface area contributed by atoms with Crippen LogP contribution in [0.2, 0.25) is 0 Å². The third kappa shape index (κ3) is 4.71. The monoisotopic (exact) mass is 436 g/mol. The number of para-hydroxylation sites is 1. The predicted octanol–water partition coefficient (Wildman–Crippen LogP) is 1.95. The van der Waals surface area contributed by atoms with E-state index < -0.39 is 0 Å². The van der Waals surface area contributed by atoms with E-state index in [2.05, 4.69) is 20.7 Å². The number of benzene rings is 1. The van der Waals surface area contributed by atoms with Crippen LogP contribution >= 0.6 is 0 Å². The number of hydrogen-bond acceptors (Lipinski definition) is 7. The van der Waals surface area contributed by atoms with Crippen LogP contribution in [0.3, 0.4) is 0 Å². The molecule has 170 valence electrons. The number of piperidine rings is 1. The van der Waals surface area contributed by atoms with E-state index in [0.29, 0.717) is 5.92 Å². The number of anilines is 1. The number of amides is 1. The fourth-order valence-electron chi connectivity index (χ4n) is 5.17. The molecule has 32 heavy (non-hydrogen) atoms. The Bertz CT molecular complexity index is 904. The van der Waals surface area contributed by atoms with Gasteiger partial charge in [-0.15, -0.1) is 0 Å². The van der Waals surface area contributed by atoms with E-state index in [-0.39, 0.29) is 24.5 Å². The second-order valence-corrected chi connectivity index (χ2v) is 8.98. The quantitative estimate of drug-likeness (QED) is 0.716. The largest absolute Gasteiger partial charge is 0.484 e. The minimum atomic E-state index is 0.0550. The first-order chi connectivity index (χ1) is 15.8. The van der Waals surface area contributed by atoms with Gasteiger partial charge in [-0.25, -0.2) is 9.97 Å². The number of carbonyl (C=O) groups is 1. The van der Waals surface area contributed by atoms with Crippen molar-refractivity contribution in [2.24, 2.45) is 5.92 Å². The van der Waals surface area contributed by atoms with Gasteiger partial charge in [0.15, 0.2) is 6.61 Å². The van der Waals surface area contributed by atoms with Crippen LogP contribution in [0.15, 0.2) is 42.6 Å². The maximum absolute atomic E-state index is 12.8. The van der Waals surface area contributed by atoms with Gasteiger partial charge in [0.05, 0.1) is 5.69 Å². The van der Waals surface area contributed by atoms with E-state index in [9.17, 15) is 4.79 Å². The third-order valence-corrected chi connectivity index (χ3v) is 6.88. The highest BCUT2D eigenvalue weighted by Crippen LogP contribution is 2.31. The van der Waals surface area contributed by atoms with Crippen molar-refractivity contribution >= 4 is 11.9 Å². The highest BCUT2D eigenvalue weighted by molar-refractivity contribution is 5.77. The number of aromatic nitrogens is 2. The highest BCUT2D eigenvalue weighted by Gasteiger charge is 2.38. The number of nitrogens with zero attached hydrogens (tertiary/aromatic N) is 4. The Morgan fingerprint density at radius 1 is 1.09 bits per heavy atom. The lowest BCUT2D eigenvalue weighted by Crippen LogP contribution is -2.49. The molecule has 3 atom stereocenters. The molecule has 4 heterocycles. The topological polar surface area (TPSA) is 82.6 Å². The Morgan fingerprint density at radius 3 is 2.78 bits per heavy atom. The summed E-state index contributed by atoms with van der Waals surface area (Å²) in [5.74, 6) is 2.27. The van der Waals surface area contributed by atoms with Gasteiger partial charge in [-0.05, 0) is 49.8 Å². The molecule has 3 aliphatic rings. The van der Waals surface area contributed by atoms with Crippen LogP contribution in [-0.4, -0.2) is 66.1 Å². The van der Waals surface area contributed by atoms with Crippen molar-refractivity contribution in [3.63, 3.8) is 0 Å².